The molecule has 2 aromatic carbocycles. The SMILES string of the molecule is COc1ccc(C(=O)N2CCc3cc(Br)ccc32)cc1S(=O)(=O)N1CCCCC1C. The van der Waals surface area contributed by atoms with Crippen LogP contribution in [0, 0.1) is 0 Å². The second kappa shape index (κ2) is 8.32. The number of sulfonamides is 1. The molecule has 0 radical (unpaired) electrons. The van der Waals surface area contributed by atoms with E-state index in [1.54, 1.807) is 17.0 Å². The normalized spacial score (nSPS) is 19.6. The third-order valence-electron chi connectivity index (χ3n) is 5.92. The predicted molar refractivity (Wildman–Crippen MR) is 120 cm³/mol. The lowest BCUT2D eigenvalue weighted by atomic mass is 10.1. The number of methoxy groups -OCH3 is 1. The Morgan fingerprint density at radius 2 is 1.93 bits per heavy atom. The number of ether oxygens (including phenoxy) is 1. The number of fused-ring (bicyclic) bond motifs is 1. The Morgan fingerprint density at radius 1 is 1.13 bits per heavy atom. The zero-order valence-electron chi connectivity index (χ0n) is 17.1. The fourth-order valence-corrected chi connectivity index (χ4v) is 6.59. The molecule has 2 aliphatic rings. The van der Waals surface area contributed by atoms with Gasteiger partial charge >= 0.3 is 0 Å². The topological polar surface area (TPSA) is 66.9 Å². The first-order valence-electron chi connectivity index (χ1n) is 10.1. The zero-order chi connectivity index (χ0) is 21.5. The van der Waals surface area contributed by atoms with Crippen LogP contribution in [-0.4, -0.2) is 44.9 Å². The van der Waals surface area contributed by atoms with Crippen LogP contribution < -0.4 is 9.64 Å². The molecular weight excluding hydrogens is 468 g/mol. The number of carbonyl (C=O) groups excluding carboxylic acids is 1. The minimum atomic E-state index is -3.77. The number of carbonyl (C=O) groups is 1. The van der Waals surface area contributed by atoms with Gasteiger partial charge in [0, 0.05) is 34.9 Å². The van der Waals surface area contributed by atoms with E-state index in [0.717, 1.165) is 41.4 Å². The van der Waals surface area contributed by atoms with Gasteiger partial charge in [0.1, 0.15) is 10.6 Å². The Balaban J connectivity index is 1.71. The van der Waals surface area contributed by atoms with E-state index in [-0.39, 0.29) is 22.6 Å². The van der Waals surface area contributed by atoms with Crippen LogP contribution in [0.1, 0.15) is 42.1 Å². The molecule has 2 aliphatic heterocycles. The van der Waals surface area contributed by atoms with Gasteiger partial charge in [-0.15, -0.1) is 0 Å². The van der Waals surface area contributed by atoms with E-state index in [9.17, 15) is 13.2 Å². The molecule has 0 spiro atoms. The molecule has 0 aliphatic carbocycles. The van der Waals surface area contributed by atoms with Crippen LogP contribution >= 0.6 is 15.9 Å². The monoisotopic (exact) mass is 492 g/mol. The second-order valence-electron chi connectivity index (χ2n) is 7.81. The van der Waals surface area contributed by atoms with Gasteiger partial charge in [0.15, 0.2) is 0 Å². The summed E-state index contributed by atoms with van der Waals surface area (Å²) in [5.41, 5.74) is 2.31. The fraction of sp³-hybridized carbons (Fsp3) is 0.409. The van der Waals surface area contributed by atoms with Crippen LogP contribution in [0.4, 0.5) is 5.69 Å². The third kappa shape index (κ3) is 3.76. The maximum atomic E-state index is 13.4. The Morgan fingerprint density at radius 3 is 2.67 bits per heavy atom. The summed E-state index contributed by atoms with van der Waals surface area (Å²) in [4.78, 5) is 15.0. The third-order valence-corrected chi connectivity index (χ3v) is 8.45. The second-order valence-corrected chi connectivity index (χ2v) is 10.6. The quantitative estimate of drug-likeness (QED) is 0.640. The van der Waals surface area contributed by atoms with Gasteiger partial charge in [0.2, 0.25) is 10.0 Å². The molecule has 2 aromatic rings. The number of anilines is 1. The van der Waals surface area contributed by atoms with Crippen molar-refractivity contribution in [2.24, 2.45) is 0 Å². The Hall–Kier alpha value is -1.90. The van der Waals surface area contributed by atoms with Gasteiger partial charge in [-0.25, -0.2) is 8.42 Å². The van der Waals surface area contributed by atoms with E-state index in [1.165, 1.54) is 17.5 Å². The summed E-state index contributed by atoms with van der Waals surface area (Å²) < 4.78 is 34.7. The van der Waals surface area contributed by atoms with Gasteiger partial charge in [-0.2, -0.15) is 4.31 Å². The molecule has 1 amide bonds. The van der Waals surface area contributed by atoms with Crippen molar-refractivity contribution < 1.29 is 17.9 Å². The van der Waals surface area contributed by atoms with Crippen molar-refractivity contribution in [2.45, 2.75) is 43.5 Å². The summed E-state index contributed by atoms with van der Waals surface area (Å²) in [7, 11) is -2.32. The molecular formula is C22H25BrN2O4S. The van der Waals surface area contributed by atoms with Crippen molar-refractivity contribution in [3.8, 4) is 5.75 Å². The smallest absolute Gasteiger partial charge is 0.258 e. The number of hydrogen-bond acceptors (Lipinski definition) is 4. The lowest BCUT2D eigenvalue weighted by Crippen LogP contribution is -2.42. The van der Waals surface area contributed by atoms with Crippen LogP contribution in [0.3, 0.4) is 0 Å². The molecule has 30 heavy (non-hydrogen) atoms. The fourth-order valence-electron chi connectivity index (χ4n) is 4.30. The van der Waals surface area contributed by atoms with E-state index < -0.39 is 10.0 Å². The highest BCUT2D eigenvalue weighted by molar-refractivity contribution is 9.10. The van der Waals surface area contributed by atoms with E-state index in [4.69, 9.17) is 4.74 Å². The minimum absolute atomic E-state index is 0.0554. The van der Waals surface area contributed by atoms with E-state index in [1.807, 2.05) is 25.1 Å². The number of nitrogens with zero attached hydrogens (tertiary/aromatic N) is 2. The molecule has 1 saturated heterocycles. The Labute approximate surface area is 186 Å². The number of benzene rings is 2. The highest BCUT2D eigenvalue weighted by atomic mass is 79.9. The summed E-state index contributed by atoms with van der Waals surface area (Å²) in [6, 6.07) is 10.5. The molecule has 1 unspecified atom stereocenters. The van der Waals surface area contributed by atoms with Crippen molar-refractivity contribution in [2.75, 3.05) is 25.1 Å². The van der Waals surface area contributed by atoms with Crippen LogP contribution in [0.25, 0.3) is 0 Å². The first-order valence-corrected chi connectivity index (χ1v) is 12.4. The summed E-state index contributed by atoms with van der Waals surface area (Å²) >= 11 is 3.47. The molecule has 1 atom stereocenters. The molecule has 0 saturated carbocycles. The summed E-state index contributed by atoms with van der Waals surface area (Å²) in [5.74, 6) is 0.0527. The van der Waals surface area contributed by atoms with Crippen LogP contribution in [0.5, 0.6) is 5.75 Å². The molecule has 6 nitrogen and oxygen atoms in total. The Bertz CT molecular complexity index is 1090. The number of rotatable bonds is 4. The number of amides is 1. The number of hydrogen-bond donors (Lipinski definition) is 0. The molecule has 0 aromatic heterocycles. The van der Waals surface area contributed by atoms with Gasteiger partial charge in [-0.1, -0.05) is 22.4 Å². The van der Waals surface area contributed by atoms with Crippen LogP contribution in [0.15, 0.2) is 45.8 Å². The molecule has 8 heteroatoms. The molecule has 160 valence electrons. The Kier molecular flexibility index (Phi) is 5.92. The predicted octanol–water partition coefficient (Wildman–Crippen LogP) is 4.22. The summed E-state index contributed by atoms with van der Waals surface area (Å²) in [5, 5.41) is 0. The molecule has 2 heterocycles. The van der Waals surface area contributed by atoms with Crippen molar-refractivity contribution in [3.63, 3.8) is 0 Å². The maximum absolute atomic E-state index is 13.4. The average Bonchev–Trinajstić information content (AvgIpc) is 3.15. The van der Waals surface area contributed by atoms with Crippen LogP contribution in [0.2, 0.25) is 0 Å². The van der Waals surface area contributed by atoms with Crippen molar-refractivity contribution in [3.05, 3.63) is 52.0 Å². The lowest BCUT2D eigenvalue weighted by molar-refractivity contribution is 0.0989. The molecule has 1 fully saturated rings. The lowest BCUT2D eigenvalue weighted by Gasteiger charge is -2.32. The number of piperidine rings is 1. The molecule has 0 N–H and O–H groups in total. The molecule has 4 rings (SSSR count). The van der Waals surface area contributed by atoms with Gasteiger partial charge in [-0.3, -0.25) is 4.79 Å². The van der Waals surface area contributed by atoms with Crippen molar-refractivity contribution >= 4 is 37.5 Å². The average molecular weight is 493 g/mol. The standard InChI is InChI=1S/C22H25BrN2O4S/c1-15-5-3-4-11-25(15)30(27,28)21-14-17(6-9-20(21)29-2)22(26)24-12-10-16-13-18(23)7-8-19(16)24/h6-9,13-15H,3-5,10-12H2,1-2H3. The van der Waals surface area contributed by atoms with Crippen LogP contribution in [-0.2, 0) is 16.4 Å². The van der Waals surface area contributed by atoms with E-state index >= 15 is 0 Å². The maximum Gasteiger partial charge on any atom is 0.258 e. The summed E-state index contributed by atoms with van der Waals surface area (Å²) in [6.45, 7) is 2.98. The number of halogens is 1. The van der Waals surface area contributed by atoms with E-state index in [2.05, 4.69) is 15.9 Å². The highest BCUT2D eigenvalue weighted by Crippen LogP contribution is 2.34. The van der Waals surface area contributed by atoms with Gasteiger partial charge < -0.3 is 9.64 Å². The first-order chi connectivity index (χ1) is 14.3. The zero-order valence-corrected chi connectivity index (χ0v) is 19.5. The van der Waals surface area contributed by atoms with Crippen molar-refractivity contribution in [1.82, 2.24) is 4.31 Å². The van der Waals surface area contributed by atoms with Gasteiger partial charge in [-0.05, 0) is 68.1 Å². The molecule has 0 bridgehead atoms. The van der Waals surface area contributed by atoms with Crippen molar-refractivity contribution in [1.29, 1.82) is 0 Å². The van der Waals surface area contributed by atoms with Gasteiger partial charge in [0.05, 0.1) is 7.11 Å². The summed E-state index contributed by atoms with van der Waals surface area (Å²) in [6.07, 6.45) is 3.46. The van der Waals surface area contributed by atoms with E-state index in [0.29, 0.717) is 18.7 Å². The van der Waals surface area contributed by atoms with Gasteiger partial charge in [0.25, 0.3) is 5.91 Å². The minimum Gasteiger partial charge on any atom is -0.495 e. The largest absolute Gasteiger partial charge is 0.495 e. The highest BCUT2D eigenvalue weighted by Gasteiger charge is 2.34. The first kappa shape index (κ1) is 21.3.